The molecule has 0 aliphatic rings. The lowest BCUT2D eigenvalue weighted by Gasteiger charge is -2.14. The van der Waals surface area contributed by atoms with Gasteiger partial charge in [0.2, 0.25) is 0 Å². The highest BCUT2D eigenvalue weighted by Crippen LogP contribution is 2.15. The average Bonchev–Trinajstić information content (AvgIpc) is 2.74. The zero-order valence-corrected chi connectivity index (χ0v) is 9.94. The van der Waals surface area contributed by atoms with Gasteiger partial charge in [0, 0.05) is 19.2 Å². The molecular formula is C10H12F3N3O3. The zero-order valence-electron chi connectivity index (χ0n) is 9.94. The lowest BCUT2D eigenvalue weighted by atomic mass is 10.1. The first kappa shape index (κ1) is 15.0. The van der Waals surface area contributed by atoms with Crippen molar-refractivity contribution >= 4 is 11.9 Å². The Morgan fingerprint density at radius 1 is 1.53 bits per heavy atom. The maximum absolute atomic E-state index is 12.0. The van der Waals surface area contributed by atoms with Gasteiger partial charge in [0.1, 0.15) is 6.04 Å². The number of carbonyl (C=O) groups excluding carboxylic acids is 1. The quantitative estimate of drug-likeness (QED) is 0.825. The van der Waals surface area contributed by atoms with Crippen molar-refractivity contribution in [3.8, 4) is 0 Å². The summed E-state index contributed by atoms with van der Waals surface area (Å²) in [6.07, 6.45) is -2.49. The van der Waals surface area contributed by atoms with Crippen molar-refractivity contribution in [2.45, 2.75) is 32.1 Å². The largest absolute Gasteiger partial charge is 0.480 e. The molecule has 0 aromatic carbocycles. The number of hydrogen-bond donors (Lipinski definition) is 2. The molecule has 1 aromatic rings. The Hall–Kier alpha value is -2.06. The molecule has 0 spiro atoms. The van der Waals surface area contributed by atoms with Crippen LogP contribution in [0.1, 0.15) is 12.6 Å². The van der Waals surface area contributed by atoms with E-state index in [4.69, 9.17) is 5.11 Å². The monoisotopic (exact) mass is 279 g/mol. The molecular weight excluding hydrogens is 267 g/mol. The predicted octanol–water partition coefficient (Wildman–Crippen LogP) is 0.577. The molecule has 6 nitrogen and oxygen atoms in total. The highest BCUT2D eigenvalue weighted by Gasteiger charge is 2.40. The molecule has 0 fully saturated rings. The van der Waals surface area contributed by atoms with Gasteiger partial charge in [0.05, 0.1) is 12.0 Å². The number of halogens is 3. The number of carboxylic acid groups (broad SMARTS) is 1. The fourth-order valence-electron chi connectivity index (χ4n) is 1.33. The molecule has 1 atom stereocenters. The summed E-state index contributed by atoms with van der Waals surface area (Å²) in [6.45, 7) is 2.42. The van der Waals surface area contributed by atoms with Crippen LogP contribution in [0.5, 0.6) is 0 Å². The van der Waals surface area contributed by atoms with Crippen molar-refractivity contribution < 1.29 is 27.9 Å². The molecule has 0 saturated heterocycles. The highest BCUT2D eigenvalue weighted by molar-refractivity contribution is 5.87. The molecule has 2 N–H and O–H groups in total. The summed E-state index contributed by atoms with van der Waals surface area (Å²) in [6, 6.07) is -1.67. The predicted molar refractivity (Wildman–Crippen MR) is 57.2 cm³/mol. The molecule has 0 aliphatic heterocycles. The second kappa shape index (κ2) is 5.72. The smallest absolute Gasteiger partial charge is 0.471 e. The van der Waals surface area contributed by atoms with Crippen LogP contribution in [0, 0.1) is 0 Å². The number of carboxylic acids is 1. The van der Waals surface area contributed by atoms with E-state index in [1.807, 2.05) is 6.92 Å². The van der Waals surface area contributed by atoms with Gasteiger partial charge in [0.25, 0.3) is 0 Å². The number of aromatic nitrogens is 2. The number of nitrogens with one attached hydrogen (secondary N) is 1. The van der Waals surface area contributed by atoms with Crippen LogP contribution < -0.4 is 5.32 Å². The molecule has 1 rings (SSSR count). The Morgan fingerprint density at radius 3 is 2.58 bits per heavy atom. The number of amides is 1. The van der Waals surface area contributed by atoms with Crippen LogP contribution in [0.3, 0.4) is 0 Å². The lowest BCUT2D eigenvalue weighted by molar-refractivity contribution is -0.175. The van der Waals surface area contributed by atoms with Crippen molar-refractivity contribution in [1.82, 2.24) is 14.9 Å². The molecule has 106 valence electrons. The van der Waals surface area contributed by atoms with E-state index in [1.54, 1.807) is 4.57 Å². The van der Waals surface area contributed by atoms with Gasteiger partial charge in [-0.15, -0.1) is 0 Å². The number of aryl methyl sites for hydroxylation is 1. The Labute approximate surface area is 106 Å². The van der Waals surface area contributed by atoms with Gasteiger partial charge in [-0.1, -0.05) is 0 Å². The molecule has 0 radical (unpaired) electrons. The minimum atomic E-state index is -5.11. The number of imidazole rings is 1. The minimum absolute atomic E-state index is 0.289. The first-order chi connectivity index (χ1) is 8.74. The summed E-state index contributed by atoms with van der Waals surface area (Å²) in [5.74, 6) is -3.83. The summed E-state index contributed by atoms with van der Waals surface area (Å²) < 4.78 is 37.8. The van der Waals surface area contributed by atoms with E-state index in [0.717, 1.165) is 0 Å². The van der Waals surface area contributed by atoms with E-state index in [9.17, 15) is 22.8 Å². The second-order valence-electron chi connectivity index (χ2n) is 3.76. The first-order valence-corrected chi connectivity index (χ1v) is 5.35. The van der Waals surface area contributed by atoms with Gasteiger partial charge in [-0.2, -0.15) is 13.2 Å². The maximum atomic E-state index is 12.0. The Morgan fingerprint density at radius 2 is 2.16 bits per heavy atom. The van der Waals surface area contributed by atoms with Gasteiger partial charge >= 0.3 is 18.1 Å². The van der Waals surface area contributed by atoms with Crippen LogP contribution >= 0.6 is 0 Å². The van der Waals surface area contributed by atoms with Crippen LogP contribution in [-0.4, -0.2) is 38.8 Å². The summed E-state index contributed by atoms with van der Waals surface area (Å²) in [7, 11) is 0. The number of rotatable bonds is 5. The molecule has 0 aliphatic carbocycles. The van der Waals surface area contributed by atoms with Crippen LogP contribution in [0.4, 0.5) is 13.2 Å². The van der Waals surface area contributed by atoms with Crippen molar-refractivity contribution in [2.24, 2.45) is 0 Å². The van der Waals surface area contributed by atoms with Crippen molar-refractivity contribution in [1.29, 1.82) is 0 Å². The second-order valence-corrected chi connectivity index (χ2v) is 3.76. The molecule has 19 heavy (non-hydrogen) atoms. The van der Waals surface area contributed by atoms with E-state index in [0.29, 0.717) is 6.54 Å². The number of aliphatic carboxylic acids is 1. The number of carbonyl (C=O) groups is 2. The normalized spacial score (nSPS) is 13.1. The molecule has 9 heteroatoms. The van der Waals surface area contributed by atoms with Crippen molar-refractivity contribution in [3.63, 3.8) is 0 Å². The third-order valence-electron chi connectivity index (χ3n) is 2.33. The molecule has 0 bridgehead atoms. The van der Waals surface area contributed by atoms with Crippen LogP contribution in [-0.2, 0) is 22.6 Å². The van der Waals surface area contributed by atoms with E-state index in [1.165, 1.54) is 17.8 Å². The highest BCUT2D eigenvalue weighted by atomic mass is 19.4. The molecule has 0 saturated carbocycles. The standard InChI is InChI=1S/C10H12F3N3O3/c1-2-16-4-6(14-5-16)3-7(8(17)18)15-9(19)10(11,12)13/h4-5,7H,2-3H2,1H3,(H,15,19)(H,17,18)/t7-/m1/s1. The van der Waals surface area contributed by atoms with E-state index < -0.39 is 24.1 Å². The summed E-state index contributed by atoms with van der Waals surface area (Å²) in [5, 5.41) is 10.2. The topological polar surface area (TPSA) is 84.2 Å². The van der Waals surface area contributed by atoms with E-state index >= 15 is 0 Å². The maximum Gasteiger partial charge on any atom is 0.471 e. The number of alkyl halides is 3. The third kappa shape index (κ3) is 4.27. The van der Waals surface area contributed by atoms with Crippen LogP contribution in [0.25, 0.3) is 0 Å². The third-order valence-corrected chi connectivity index (χ3v) is 2.33. The number of hydrogen-bond acceptors (Lipinski definition) is 3. The Bertz CT molecular complexity index is 470. The van der Waals surface area contributed by atoms with Gasteiger partial charge < -0.3 is 15.0 Å². The first-order valence-electron chi connectivity index (χ1n) is 5.35. The van der Waals surface area contributed by atoms with Gasteiger partial charge in [-0.3, -0.25) is 4.79 Å². The average molecular weight is 279 g/mol. The SMILES string of the molecule is CCn1cnc(C[C@@H](NC(=O)C(F)(F)F)C(=O)O)c1. The van der Waals surface area contributed by atoms with E-state index in [-0.39, 0.29) is 12.1 Å². The van der Waals surface area contributed by atoms with E-state index in [2.05, 4.69) is 4.98 Å². The summed E-state index contributed by atoms with van der Waals surface area (Å²) in [4.78, 5) is 25.4. The fourth-order valence-corrected chi connectivity index (χ4v) is 1.33. The minimum Gasteiger partial charge on any atom is -0.480 e. The Balaban J connectivity index is 2.73. The molecule has 1 aromatic heterocycles. The number of nitrogens with zero attached hydrogens (tertiary/aromatic N) is 2. The summed E-state index contributed by atoms with van der Waals surface area (Å²) >= 11 is 0. The van der Waals surface area contributed by atoms with Gasteiger partial charge in [-0.25, -0.2) is 9.78 Å². The fraction of sp³-hybridized carbons (Fsp3) is 0.500. The molecule has 1 amide bonds. The van der Waals surface area contributed by atoms with Gasteiger partial charge in [0.15, 0.2) is 0 Å². The van der Waals surface area contributed by atoms with Crippen molar-refractivity contribution in [3.05, 3.63) is 18.2 Å². The molecule has 0 unspecified atom stereocenters. The zero-order chi connectivity index (χ0) is 14.6. The molecule has 1 heterocycles. The Kier molecular flexibility index (Phi) is 4.52. The van der Waals surface area contributed by atoms with Crippen molar-refractivity contribution in [2.75, 3.05) is 0 Å². The van der Waals surface area contributed by atoms with Crippen LogP contribution in [0.15, 0.2) is 12.5 Å². The lowest BCUT2D eigenvalue weighted by Crippen LogP contribution is -2.47. The van der Waals surface area contributed by atoms with Crippen LogP contribution in [0.2, 0.25) is 0 Å². The van der Waals surface area contributed by atoms with Gasteiger partial charge in [-0.05, 0) is 6.92 Å². The summed E-state index contributed by atoms with van der Waals surface area (Å²) in [5.41, 5.74) is 0.289.